The summed E-state index contributed by atoms with van der Waals surface area (Å²) in [5.41, 5.74) is 1.38. The first-order chi connectivity index (χ1) is 11.1. The molecule has 2 aromatic carbocycles. The number of para-hydroxylation sites is 1. The van der Waals surface area contributed by atoms with Gasteiger partial charge in [-0.2, -0.15) is 0 Å². The third-order valence-corrected chi connectivity index (χ3v) is 3.39. The molecule has 3 aromatic rings. The first-order valence-corrected chi connectivity index (χ1v) is 7.13. The van der Waals surface area contributed by atoms with Crippen LogP contribution in [-0.4, -0.2) is 34.6 Å². The lowest BCUT2D eigenvalue weighted by Gasteiger charge is -2.19. The number of nitrogens with one attached hydrogen (secondary N) is 1. The number of carbonyl (C=O) groups is 1. The van der Waals surface area contributed by atoms with Crippen LogP contribution in [0.4, 0.5) is 11.5 Å². The molecule has 0 spiro atoms. The van der Waals surface area contributed by atoms with E-state index in [1.165, 1.54) is 12.4 Å². The Morgan fingerprint density at radius 3 is 2.83 bits per heavy atom. The van der Waals surface area contributed by atoms with Crippen molar-refractivity contribution in [3.8, 4) is 5.75 Å². The third kappa shape index (κ3) is 3.37. The number of anilines is 2. The van der Waals surface area contributed by atoms with Gasteiger partial charge in [0.1, 0.15) is 17.9 Å². The first kappa shape index (κ1) is 14.8. The number of aromatic hydroxyl groups is 1. The van der Waals surface area contributed by atoms with Crippen molar-refractivity contribution in [2.24, 2.45) is 0 Å². The van der Waals surface area contributed by atoms with E-state index in [0.717, 1.165) is 10.9 Å². The molecule has 0 saturated carbocycles. The number of nitrogens with zero attached hydrogens (tertiary/aromatic N) is 3. The first-order valence-electron chi connectivity index (χ1n) is 7.13. The highest BCUT2D eigenvalue weighted by Crippen LogP contribution is 2.21. The van der Waals surface area contributed by atoms with E-state index >= 15 is 0 Å². The molecule has 1 aromatic heterocycles. The number of hydrogen-bond acceptors (Lipinski definition) is 5. The highest BCUT2D eigenvalue weighted by Gasteiger charge is 2.12. The maximum absolute atomic E-state index is 12.2. The third-order valence-electron chi connectivity index (χ3n) is 3.39. The number of aromatic nitrogens is 2. The quantitative estimate of drug-likeness (QED) is 0.774. The number of amides is 1. The van der Waals surface area contributed by atoms with E-state index in [2.05, 4.69) is 15.3 Å². The molecule has 0 fully saturated rings. The zero-order valence-electron chi connectivity index (χ0n) is 12.6. The van der Waals surface area contributed by atoms with Gasteiger partial charge in [-0.25, -0.2) is 9.97 Å². The SMILES string of the molecule is CN(CC(=O)Nc1cccc(O)c1)c1ncnc2ccccc12. The molecule has 2 N–H and O–H groups in total. The molecule has 0 unspecified atom stereocenters. The standard InChI is InChI=1S/C17H16N4O2/c1-21(10-16(23)20-12-5-4-6-13(22)9-12)17-14-7-2-3-8-15(14)18-11-19-17/h2-9,11,22H,10H2,1H3,(H,20,23). The van der Waals surface area contributed by atoms with Gasteiger partial charge < -0.3 is 15.3 Å². The number of rotatable bonds is 4. The number of fused-ring (bicyclic) bond motifs is 1. The van der Waals surface area contributed by atoms with E-state index < -0.39 is 0 Å². The molecule has 0 radical (unpaired) electrons. The van der Waals surface area contributed by atoms with Crippen molar-refractivity contribution in [1.82, 2.24) is 9.97 Å². The smallest absolute Gasteiger partial charge is 0.243 e. The molecule has 0 bridgehead atoms. The highest BCUT2D eigenvalue weighted by molar-refractivity contribution is 5.96. The molecule has 6 nitrogen and oxygen atoms in total. The minimum absolute atomic E-state index is 0.109. The minimum atomic E-state index is -0.194. The molecular weight excluding hydrogens is 292 g/mol. The number of phenolic OH excluding ortho intramolecular Hbond substituents is 1. The van der Waals surface area contributed by atoms with Crippen LogP contribution in [0.15, 0.2) is 54.9 Å². The molecular formula is C17H16N4O2. The molecule has 0 aliphatic carbocycles. The van der Waals surface area contributed by atoms with Crippen LogP contribution in [-0.2, 0) is 4.79 Å². The van der Waals surface area contributed by atoms with Crippen molar-refractivity contribution in [3.63, 3.8) is 0 Å². The molecule has 6 heteroatoms. The lowest BCUT2D eigenvalue weighted by Crippen LogP contribution is -2.30. The Balaban J connectivity index is 1.75. The number of carbonyl (C=O) groups excluding carboxylic acids is 1. The van der Waals surface area contributed by atoms with E-state index in [0.29, 0.717) is 11.5 Å². The Bertz CT molecular complexity index is 845. The summed E-state index contributed by atoms with van der Waals surface area (Å²) in [6, 6.07) is 14.1. The van der Waals surface area contributed by atoms with Crippen LogP contribution in [0.3, 0.4) is 0 Å². The van der Waals surface area contributed by atoms with Crippen LogP contribution >= 0.6 is 0 Å². The van der Waals surface area contributed by atoms with Gasteiger partial charge in [0.15, 0.2) is 0 Å². The zero-order chi connectivity index (χ0) is 16.2. The van der Waals surface area contributed by atoms with E-state index in [1.54, 1.807) is 30.1 Å². The Hall–Kier alpha value is -3.15. The number of phenols is 1. The summed E-state index contributed by atoms with van der Waals surface area (Å²) < 4.78 is 0. The van der Waals surface area contributed by atoms with Crippen molar-refractivity contribution >= 4 is 28.3 Å². The fourth-order valence-corrected chi connectivity index (χ4v) is 2.37. The molecule has 1 amide bonds. The summed E-state index contributed by atoms with van der Waals surface area (Å²) in [4.78, 5) is 22.4. The van der Waals surface area contributed by atoms with Gasteiger partial charge in [-0.05, 0) is 24.3 Å². The molecule has 23 heavy (non-hydrogen) atoms. The van der Waals surface area contributed by atoms with Crippen LogP contribution in [0.2, 0.25) is 0 Å². The Morgan fingerprint density at radius 2 is 2.00 bits per heavy atom. The molecule has 1 heterocycles. The van der Waals surface area contributed by atoms with Crippen LogP contribution in [0.5, 0.6) is 5.75 Å². The maximum atomic E-state index is 12.2. The zero-order valence-corrected chi connectivity index (χ0v) is 12.6. The van der Waals surface area contributed by atoms with E-state index in [9.17, 15) is 9.90 Å². The van der Waals surface area contributed by atoms with Gasteiger partial charge in [-0.15, -0.1) is 0 Å². The summed E-state index contributed by atoms with van der Waals surface area (Å²) in [5.74, 6) is 0.611. The number of benzene rings is 2. The second-order valence-electron chi connectivity index (χ2n) is 5.17. The second kappa shape index (κ2) is 6.31. The predicted molar refractivity (Wildman–Crippen MR) is 89.5 cm³/mol. The second-order valence-corrected chi connectivity index (χ2v) is 5.17. The normalized spacial score (nSPS) is 10.5. The van der Waals surface area contributed by atoms with Crippen LogP contribution in [0.1, 0.15) is 0 Å². The van der Waals surface area contributed by atoms with Crippen molar-refractivity contribution in [1.29, 1.82) is 0 Å². The van der Waals surface area contributed by atoms with Crippen molar-refractivity contribution < 1.29 is 9.90 Å². The molecule has 0 atom stereocenters. The van der Waals surface area contributed by atoms with Crippen molar-refractivity contribution in [2.45, 2.75) is 0 Å². The average molecular weight is 308 g/mol. The van der Waals surface area contributed by atoms with E-state index in [-0.39, 0.29) is 18.2 Å². The van der Waals surface area contributed by atoms with E-state index in [4.69, 9.17) is 0 Å². The fraction of sp³-hybridized carbons (Fsp3) is 0.118. The van der Waals surface area contributed by atoms with Gasteiger partial charge in [0.05, 0.1) is 12.1 Å². The van der Waals surface area contributed by atoms with Crippen LogP contribution in [0.25, 0.3) is 10.9 Å². The van der Waals surface area contributed by atoms with Gasteiger partial charge in [0, 0.05) is 24.2 Å². The lowest BCUT2D eigenvalue weighted by molar-refractivity contribution is -0.114. The average Bonchev–Trinajstić information content (AvgIpc) is 2.54. The van der Waals surface area contributed by atoms with Gasteiger partial charge in [-0.1, -0.05) is 18.2 Å². The van der Waals surface area contributed by atoms with Crippen molar-refractivity contribution in [2.75, 3.05) is 23.8 Å². The lowest BCUT2D eigenvalue weighted by atomic mass is 10.2. The number of hydrogen-bond donors (Lipinski definition) is 2. The van der Waals surface area contributed by atoms with Gasteiger partial charge in [0.25, 0.3) is 0 Å². The summed E-state index contributed by atoms with van der Waals surface area (Å²) >= 11 is 0. The predicted octanol–water partition coefficient (Wildman–Crippen LogP) is 2.41. The minimum Gasteiger partial charge on any atom is -0.508 e. The molecule has 116 valence electrons. The van der Waals surface area contributed by atoms with Gasteiger partial charge in [-0.3, -0.25) is 4.79 Å². The monoisotopic (exact) mass is 308 g/mol. The van der Waals surface area contributed by atoms with E-state index in [1.807, 2.05) is 24.3 Å². The molecule has 3 rings (SSSR count). The van der Waals surface area contributed by atoms with Crippen LogP contribution < -0.4 is 10.2 Å². The fourth-order valence-electron chi connectivity index (χ4n) is 2.37. The molecule has 0 aliphatic heterocycles. The highest BCUT2D eigenvalue weighted by atomic mass is 16.3. The van der Waals surface area contributed by atoms with Crippen molar-refractivity contribution in [3.05, 3.63) is 54.9 Å². The Kier molecular flexibility index (Phi) is 4.05. The summed E-state index contributed by atoms with van der Waals surface area (Å²) in [7, 11) is 1.80. The topological polar surface area (TPSA) is 78.4 Å². The number of likely N-dealkylation sites (N-methyl/N-ethyl adjacent to an activating group) is 1. The summed E-state index contributed by atoms with van der Waals surface area (Å²) in [6.07, 6.45) is 1.49. The molecule has 0 aliphatic rings. The largest absolute Gasteiger partial charge is 0.508 e. The van der Waals surface area contributed by atoms with Gasteiger partial charge in [0.2, 0.25) is 5.91 Å². The summed E-state index contributed by atoms with van der Waals surface area (Å²) in [6.45, 7) is 0.136. The maximum Gasteiger partial charge on any atom is 0.243 e. The Morgan fingerprint density at radius 1 is 1.17 bits per heavy atom. The molecule has 0 saturated heterocycles. The van der Waals surface area contributed by atoms with Gasteiger partial charge >= 0.3 is 0 Å². The Labute approximate surface area is 133 Å². The summed E-state index contributed by atoms with van der Waals surface area (Å²) in [5, 5.41) is 13.1. The van der Waals surface area contributed by atoms with Crippen LogP contribution in [0, 0.1) is 0 Å².